The van der Waals surface area contributed by atoms with Crippen LogP contribution in [0.4, 0.5) is 11.4 Å². The molecule has 1 aromatic carbocycles. The lowest BCUT2D eigenvalue weighted by Gasteiger charge is -2.29. The van der Waals surface area contributed by atoms with E-state index in [1.165, 1.54) is 0 Å². The van der Waals surface area contributed by atoms with E-state index in [9.17, 15) is 9.90 Å². The molecule has 1 fully saturated rings. The Hall–Kier alpha value is -3.10. The molecule has 1 aliphatic heterocycles. The van der Waals surface area contributed by atoms with Crippen molar-refractivity contribution in [3.05, 3.63) is 63.8 Å². The summed E-state index contributed by atoms with van der Waals surface area (Å²) in [6.45, 7) is 6.59. The number of hydrogen-bond acceptors (Lipinski definition) is 6. The number of ether oxygens (including phenoxy) is 1. The quantitative estimate of drug-likeness (QED) is 0.613. The Morgan fingerprint density at radius 2 is 1.87 bits per heavy atom. The fraction of sp³-hybridized carbons (Fsp3) is 0.391. The molecule has 8 nitrogen and oxygen atoms in total. The second-order valence-electron chi connectivity index (χ2n) is 8.04. The van der Waals surface area contributed by atoms with Gasteiger partial charge in [0.05, 0.1) is 24.6 Å². The van der Waals surface area contributed by atoms with E-state index in [1.807, 2.05) is 57.4 Å². The van der Waals surface area contributed by atoms with Crippen molar-refractivity contribution in [2.24, 2.45) is 14.1 Å². The molecule has 0 radical (unpaired) electrons. The highest BCUT2D eigenvalue weighted by Gasteiger charge is 2.18. The van der Waals surface area contributed by atoms with Crippen LogP contribution in [0.1, 0.15) is 23.2 Å². The van der Waals surface area contributed by atoms with Crippen molar-refractivity contribution in [2.45, 2.75) is 20.1 Å². The molecule has 164 valence electrons. The molecule has 4 rings (SSSR count). The molecule has 0 amide bonds. The summed E-state index contributed by atoms with van der Waals surface area (Å²) in [7, 11) is 3.59. The summed E-state index contributed by atoms with van der Waals surface area (Å²) >= 11 is 0. The second kappa shape index (κ2) is 8.56. The number of aliphatic hydroxyl groups excluding tert-OH is 1. The number of aromatic nitrogens is 3. The van der Waals surface area contributed by atoms with E-state index in [0.717, 1.165) is 28.1 Å². The summed E-state index contributed by atoms with van der Waals surface area (Å²) < 4.78 is 8.74. The Balaban J connectivity index is 1.67. The topological polar surface area (TPSA) is 84.5 Å². The Morgan fingerprint density at radius 1 is 1.13 bits per heavy atom. The fourth-order valence-electron chi connectivity index (χ4n) is 4.01. The van der Waals surface area contributed by atoms with E-state index in [2.05, 4.69) is 15.3 Å². The van der Waals surface area contributed by atoms with Gasteiger partial charge in [-0.05, 0) is 49.2 Å². The number of hydrogen-bond donors (Lipinski definition) is 2. The highest BCUT2D eigenvalue weighted by Crippen LogP contribution is 2.29. The molecule has 31 heavy (non-hydrogen) atoms. The van der Waals surface area contributed by atoms with Crippen LogP contribution in [0.15, 0.2) is 41.3 Å². The zero-order chi connectivity index (χ0) is 22.1. The average molecular weight is 424 g/mol. The standard InChI is InChI=1S/C23H29N5O3/c1-15-5-6-18(24-22(29)20-11-16(2)25-27(20)4)13-19(15)17-12-21(23(30)26(3)14-17)28-7-9-31-10-8-28/h5-6,11-14,22,24,29H,7-10H2,1-4H3. The average Bonchev–Trinajstić information content (AvgIpc) is 3.10. The zero-order valence-corrected chi connectivity index (χ0v) is 18.4. The van der Waals surface area contributed by atoms with Gasteiger partial charge in [-0.3, -0.25) is 9.48 Å². The highest BCUT2D eigenvalue weighted by molar-refractivity contribution is 5.73. The molecule has 8 heteroatoms. The number of pyridine rings is 1. The van der Waals surface area contributed by atoms with Gasteiger partial charge in [0.2, 0.25) is 0 Å². The van der Waals surface area contributed by atoms with Gasteiger partial charge in [0.1, 0.15) is 5.69 Å². The fourth-order valence-corrected chi connectivity index (χ4v) is 4.01. The molecule has 0 aliphatic carbocycles. The third-order valence-corrected chi connectivity index (χ3v) is 5.69. The van der Waals surface area contributed by atoms with E-state index in [4.69, 9.17) is 4.74 Å². The summed E-state index contributed by atoms with van der Waals surface area (Å²) in [6.07, 6.45) is 0.977. The number of benzene rings is 1. The van der Waals surface area contributed by atoms with Crippen molar-refractivity contribution in [3.63, 3.8) is 0 Å². The highest BCUT2D eigenvalue weighted by atomic mass is 16.5. The minimum atomic E-state index is -0.884. The molecule has 0 saturated carbocycles. The molecule has 0 bridgehead atoms. The van der Waals surface area contributed by atoms with Crippen molar-refractivity contribution in [1.82, 2.24) is 14.3 Å². The smallest absolute Gasteiger partial charge is 0.273 e. The van der Waals surface area contributed by atoms with Crippen LogP contribution < -0.4 is 15.8 Å². The molecule has 2 N–H and O–H groups in total. The van der Waals surface area contributed by atoms with Crippen LogP contribution in [-0.4, -0.2) is 45.8 Å². The van der Waals surface area contributed by atoms with Crippen molar-refractivity contribution in [3.8, 4) is 11.1 Å². The van der Waals surface area contributed by atoms with E-state index < -0.39 is 6.23 Å². The maximum atomic E-state index is 12.8. The zero-order valence-electron chi connectivity index (χ0n) is 18.4. The molecular formula is C23H29N5O3. The SMILES string of the molecule is Cc1cc(C(O)Nc2ccc(C)c(-c3cc(N4CCOCC4)c(=O)n(C)c3)c2)n(C)n1. The Kier molecular flexibility index (Phi) is 5.84. The van der Waals surface area contributed by atoms with Crippen LogP contribution in [0.25, 0.3) is 11.1 Å². The van der Waals surface area contributed by atoms with Crippen LogP contribution in [0.2, 0.25) is 0 Å². The predicted octanol–water partition coefficient (Wildman–Crippen LogP) is 2.34. The van der Waals surface area contributed by atoms with Crippen LogP contribution in [0.3, 0.4) is 0 Å². The third-order valence-electron chi connectivity index (χ3n) is 5.69. The number of nitrogens with one attached hydrogen (secondary N) is 1. The van der Waals surface area contributed by atoms with Crippen molar-refractivity contribution in [2.75, 3.05) is 36.5 Å². The van der Waals surface area contributed by atoms with E-state index in [-0.39, 0.29) is 5.56 Å². The van der Waals surface area contributed by atoms with Crippen LogP contribution in [-0.2, 0) is 18.8 Å². The number of aliphatic hydroxyl groups is 1. The van der Waals surface area contributed by atoms with E-state index >= 15 is 0 Å². The van der Waals surface area contributed by atoms with Crippen LogP contribution in [0, 0.1) is 13.8 Å². The first kappa shape index (κ1) is 21.1. The number of morpholine rings is 1. The van der Waals surface area contributed by atoms with E-state index in [1.54, 1.807) is 16.3 Å². The monoisotopic (exact) mass is 423 g/mol. The van der Waals surface area contributed by atoms with Gasteiger partial charge < -0.3 is 24.6 Å². The van der Waals surface area contributed by atoms with Crippen molar-refractivity contribution >= 4 is 11.4 Å². The van der Waals surface area contributed by atoms with Gasteiger partial charge in [-0.25, -0.2) is 0 Å². The summed E-state index contributed by atoms with van der Waals surface area (Å²) in [4.78, 5) is 14.9. The Bertz CT molecular complexity index is 1140. The Labute approximate surface area is 181 Å². The number of rotatable bonds is 5. The maximum Gasteiger partial charge on any atom is 0.273 e. The first-order valence-corrected chi connectivity index (χ1v) is 10.4. The molecule has 1 saturated heterocycles. The van der Waals surface area contributed by atoms with Gasteiger partial charge in [0, 0.05) is 44.6 Å². The normalized spacial score (nSPS) is 15.2. The van der Waals surface area contributed by atoms with Gasteiger partial charge >= 0.3 is 0 Å². The molecule has 1 unspecified atom stereocenters. The molecule has 0 spiro atoms. The molecule has 3 aromatic rings. The summed E-state index contributed by atoms with van der Waals surface area (Å²) in [5, 5.41) is 18.1. The first-order valence-electron chi connectivity index (χ1n) is 10.4. The van der Waals surface area contributed by atoms with Crippen molar-refractivity contribution < 1.29 is 9.84 Å². The molecular weight excluding hydrogens is 394 g/mol. The lowest BCUT2D eigenvalue weighted by Crippen LogP contribution is -2.40. The molecule has 2 aromatic heterocycles. The van der Waals surface area contributed by atoms with Gasteiger partial charge in [0.15, 0.2) is 6.23 Å². The van der Waals surface area contributed by atoms with Crippen LogP contribution in [0.5, 0.6) is 0 Å². The van der Waals surface area contributed by atoms with Crippen molar-refractivity contribution in [1.29, 1.82) is 0 Å². The first-order chi connectivity index (χ1) is 14.8. The second-order valence-corrected chi connectivity index (χ2v) is 8.04. The lowest BCUT2D eigenvalue weighted by molar-refractivity contribution is 0.122. The maximum absolute atomic E-state index is 12.8. The molecule has 1 atom stereocenters. The summed E-state index contributed by atoms with van der Waals surface area (Å²) in [6, 6.07) is 9.77. The van der Waals surface area contributed by atoms with Gasteiger partial charge in [-0.2, -0.15) is 5.10 Å². The minimum absolute atomic E-state index is 0.0143. The predicted molar refractivity (Wildman–Crippen MR) is 121 cm³/mol. The number of nitrogens with zero attached hydrogens (tertiary/aromatic N) is 4. The van der Waals surface area contributed by atoms with Gasteiger partial charge in [0.25, 0.3) is 5.56 Å². The summed E-state index contributed by atoms with van der Waals surface area (Å²) in [5.41, 5.74) is 6.04. The molecule has 3 heterocycles. The summed E-state index contributed by atoms with van der Waals surface area (Å²) in [5.74, 6) is 0. The Morgan fingerprint density at radius 3 is 2.55 bits per heavy atom. The van der Waals surface area contributed by atoms with Gasteiger partial charge in [-0.15, -0.1) is 0 Å². The number of aryl methyl sites for hydroxylation is 4. The minimum Gasteiger partial charge on any atom is -0.378 e. The van der Waals surface area contributed by atoms with Crippen LogP contribution >= 0.6 is 0 Å². The lowest BCUT2D eigenvalue weighted by atomic mass is 10.0. The van der Waals surface area contributed by atoms with E-state index in [0.29, 0.717) is 37.7 Å². The molecule has 1 aliphatic rings. The third kappa shape index (κ3) is 4.35. The largest absolute Gasteiger partial charge is 0.378 e. The number of anilines is 2. The van der Waals surface area contributed by atoms with Gasteiger partial charge in [-0.1, -0.05) is 6.07 Å².